The van der Waals surface area contributed by atoms with E-state index in [1.54, 1.807) is 12.4 Å². The molecule has 0 fully saturated rings. The smallest absolute Gasteiger partial charge is 0.127 e. The molecule has 0 unspecified atom stereocenters. The van der Waals surface area contributed by atoms with Crippen LogP contribution in [0.4, 0.5) is 5.69 Å². The molecule has 0 saturated carbocycles. The first-order chi connectivity index (χ1) is 4.75. The van der Waals surface area contributed by atoms with Crippen LogP contribution in [0.1, 0.15) is 5.56 Å². The minimum absolute atomic E-state index is 0.496. The molecule has 1 aromatic rings. The van der Waals surface area contributed by atoms with Gasteiger partial charge in [-0.25, -0.2) is 0 Å². The summed E-state index contributed by atoms with van der Waals surface area (Å²) in [6.07, 6.45) is 3.24. The molecule has 1 aromatic heterocycles. The second-order valence-electron chi connectivity index (χ2n) is 1.88. The largest absolute Gasteiger partial charge is 0.263 e. The maximum absolute atomic E-state index is 10.2. The highest BCUT2D eigenvalue weighted by Crippen LogP contribution is 2.23. The van der Waals surface area contributed by atoms with Crippen LogP contribution in [0.25, 0.3) is 0 Å². The summed E-state index contributed by atoms with van der Waals surface area (Å²) in [6, 6.07) is 0. The van der Waals surface area contributed by atoms with E-state index in [9.17, 15) is 4.91 Å². The van der Waals surface area contributed by atoms with Crippen LogP contribution in [0.2, 0.25) is 0 Å². The van der Waals surface area contributed by atoms with E-state index in [4.69, 9.17) is 0 Å². The van der Waals surface area contributed by atoms with Gasteiger partial charge in [0.25, 0.3) is 0 Å². The van der Waals surface area contributed by atoms with E-state index in [1.807, 2.05) is 29.5 Å². The lowest BCUT2D eigenvalue weighted by molar-refractivity contribution is 1.23. The summed E-state index contributed by atoms with van der Waals surface area (Å²) in [5.74, 6) is 0. The third-order valence-corrected chi connectivity index (χ3v) is 1.94. The highest BCUT2D eigenvalue weighted by Gasteiger charge is 2.01. The van der Waals surface area contributed by atoms with Crippen molar-refractivity contribution in [3.8, 4) is 0 Å². The van der Waals surface area contributed by atoms with Gasteiger partial charge in [-0.05, 0) is 40.3 Å². The Morgan fingerprint density at radius 1 is 1.60 bits per heavy atom. The van der Waals surface area contributed by atoms with Crippen molar-refractivity contribution in [2.45, 2.75) is 6.92 Å². The SMILES string of the molecule is Cc1cncc(I)c1N=O. The van der Waals surface area contributed by atoms with E-state index in [-0.39, 0.29) is 0 Å². The van der Waals surface area contributed by atoms with E-state index in [2.05, 4.69) is 10.2 Å². The molecule has 0 aliphatic carbocycles. The molecule has 3 nitrogen and oxygen atoms in total. The third-order valence-electron chi connectivity index (χ3n) is 1.15. The number of hydrogen-bond acceptors (Lipinski definition) is 3. The maximum atomic E-state index is 10.2. The van der Waals surface area contributed by atoms with E-state index in [1.165, 1.54) is 0 Å². The zero-order chi connectivity index (χ0) is 7.56. The average Bonchev–Trinajstić information content (AvgIpc) is 1.88. The van der Waals surface area contributed by atoms with Crippen molar-refractivity contribution in [3.63, 3.8) is 0 Å². The van der Waals surface area contributed by atoms with Crippen LogP contribution in [-0.4, -0.2) is 4.98 Å². The quantitative estimate of drug-likeness (QED) is 0.565. The van der Waals surface area contributed by atoms with Crippen LogP contribution >= 0.6 is 22.6 Å². The lowest BCUT2D eigenvalue weighted by atomic mass is 10.3. The Morgan fingerprint density at radius 3 is 2.70 bits per heavy atom. The Morgan fingerprint density at radius 2 is 2.30 bits per heavy atom. The molecule has 0 atom stereocenters. The predicted molar refractivity (Wildman–Crippen MR) is 47.1 cm³/mol. The molecule has 52 valence electrons. The Balaban J connectivity index is 3.30. The van der Waals surface area contributed by atoms with Crippen LogP contribution in [0.5, 0.6) is 0 Å². The average molecular weight is 248 g/mol. The fraction of sp³-hybridized carbons (Fsp3) is 0.167. The van der Waals surface area contributed by atoms with Crippen LogP contribution < -0.4 is 0 Å². The van der Waals surface area contributed by atoms with Gasteiger partial charge in [0.2, 0.25) is 0 Å². The molecule has 1 heterocycles. The predicted octanol–water partition coefficient (Wildman–Crippen LogP) is 2.39. The lowest BCUT2D eigenvalue weighted by Crippen LogP contribution is -1.80. The Labute approximate surface area is 72.0 Å². The molecule has 0 radical (unpaired) electrons. The number of nitroso groups, excluding NO2 is 1. The molecule has 0 N–H and O–H groups in total. The summed E-state index contributed by atoms with van der Waals surface area (Å²) in [5, 5.41) is 2.87. The van der Waals surface area contributed by atoms with Gasteiger partial charge in [-0.15, -0.1) is 4.91 Å². The van der Waals surface area contributed by atoms with E-state index >= 15 is 0 Å². The lowest BCUT2D eigenvalue weighted by Gasteiger charge is -1.95. The van der Waals surface area contributed by atoms with Crippen molar-refractivity contribution in [1.82, 2.24) is 4.98 Å². The fourth-order valence-electron chi connectivity index (χ4n) is 0.641. The molecule has 0 aliphatic heterocycles. The van der Waals surface area contributed by atoms with E-state index in [0.717, 1.165) is 9.13 Å². The fourth-order valence-corrected chi connectivity index (χ4v) is 1.33. The topological polar surface area (TPSA) is 42.3 Å². The van der Waals surface area contributed by atoms with Crippen molar-refractivity contribution in [2.24, 2.45) is 5.18 Å². The second kappa shape index (κ2) is 3.05. The highest BCUT2D eigenvalue weighted by molar-refractivity contribution is 14.1. The van der Waals surface area contributed by atoms with Gasteiger partial charge in [-0.1, -0.05) is 0 Å². The Kier molecular flexibility index (Phi) is 2.31. The number of aromatic nitrogens is 1. The summed E-state index contributed by atoms with van der Waals surface area (Å²) in [5.41, 5.74) is 1.32. The van der Waals surface area contributed by atoms with Gasteiger partial charge in [0.05, 0.1) is 3.57 Å². The van der Waals surface area contributed by atoms with Gasteiger partial charge < -0.3 is 0 Å². The van der Waals surface area contributed by atoms with Crippen molar-refractivity contribution in [1.29, 1.82) is 0 Å². The Bertz CT molecular complexity index is 242. The molecular weight excluding hydrogens is 243 g/mol. The summed E-state index contributed by atoms with van der Waals surface area (Å²) in [6.45, 7) is 1.81. The van der Waals surface area contributed by atoms with Crippen LogP contribution in [-0.2, 0) is 0 Å². The summed E-state index contributed by atoms with van der Waals surface area (Å²) >= 11 is 2.03. The van der Waals surface area contributed by atoms with Crippen LogP contribution in [0.3, 0.4) is 0 Å². The van der Waals surface area contributed by atoms with Gasteiger partial charge in [-0.3, -0.25) is 4.98 Å². The minimum Gasteiger partial charge on any atom is -0.263 e. The molecule has 0 saturated heterocycles. The zero-order valence-corrected chi connectivity index (χ0v) is 7.49. The highest BCUT2D eigenvalue weighted by atomic mass is 127. The number of pyridine rings is 1. The van der Waals surface area contributed by atoms with Gasteiger partial charge in [0, 0.05) is 12.4 Å². The first-order valence-corrected chi connectivity index (χ1v) is 3.77. The second-order valence-corrected chi connectivity index (χ2v) is 3.04. The standard InChI is InChI=1S/C6H5IN2O/c1-4-2-8-3-5(7)6(4)9-10/h2-3H,1H3. The van der Waals surface area contributed by atoms with E-state index in [0.29, 0.717) is 5.69 Å². The van der Waals surface area contributed by atoms with Crippen molar-refractivity contribution in [2.75, 3.05) is 0 Å². The summed E-state index contributed by atoms with van der Waals surface area (Å²) in [4.78, 5) is 14.1. The molecular formula is C6H5IN2O. The first-order valence-electron chi connectivity index (χ1n) is 2.69. The van der Waals surface area contributed by atoms with E-state index < -0.39 is 0 Å². The normalized spacial score (nSPS) is 9.40. The molecule has 1 rings (SSSR count). The number of aryl methyl sites for hydroxylation is 1. The molecule has 0 aliphatic rings. The van der Waals surface area contributed by atoms with Crippen LogP contribution in [0.15, 0.2) is 17.6 Å². The molecule has 0 aromatic carbocycles. The molecule has 0 bridgehead atoms. The Hall–Kier alpha value is -0.520. The van der Waals surface area contributed by atoms with Gasteiger partial charge >= 0.3 is 0 Å². The molecule has 0 amide bonds. The number of nitrogens with zero attached hydrogens (tertiary/aromatic N) is 2. The molecule has 10 heavy (non-hydrogen) atoms. The van der Waals surface area contributed by atoms with Gasteiger partial charge in [0.15, 0.2) is 0 Å². The summed E-state index contributed by atoms with van der Waals surface area (Å²) < 4.78 is 0.799. The first kappa shape index (κ1) is 7.59. The number of rotatable bonds is 1. The molecule has 4 heteroatoms. The minimum atomic E-state index is 0.496. The summed E-state index contributed by atoms with van der Waals surface area (Å²) in [7, 11) is 0. The molecule has 0 spiro atoms. The van der Waals surface area contributed by atoms with Crippen LogP contribution in [0, 0.1) is 15.4 Å². The third kappa shape index (κ3) is 1.31. The number of hydrogen-bond donors (Lipinski definition) is 0. The van der Waals surface area contributed by atoms with Crippen molar-refractivity contribution in [3.05, 3.63) is 26.4 Å². The van der Waals surface area contributed by atoms with Crippen molar-refractivity contribution >= 4 is 28.3 Å². The van der Waals surface area contributed by atoms with Gasteiger partial charge in [-0.2, -0.15) is 0 Å². The maximum Gasteiger partial charge on any atom is 0.127 e. The monoisotopic (exact) mass is 248 g/mol. The van der Waals surface area contributed by atoms with Crippen molar-refractivity contribution < 1.29 is 0 Å². The van der Waals surface area contributed by atoms with Gasteiger partial charge in [0.1, 0.15) is 5.69 Å². The number of halogens is 1. The zero-order valence-electron chi connectivity index (χ0n) is 5.34.